The lowest BCUT2D eigenvalue weighted by atomic mass is 9.96. The Kier molecular flexibility index (Phi) is 11.4. The molecule has 0 aliphatic carbocycles. The fourth-order valence-electron chi connectivity index (χ4n) is 6.26. The van der Waals surface area contributed by atoms with Crippen molar-refractivity contribution in [3.05, 3.63) is 131 Å². The van der Waals surface area contributed by atoms with Crippen molar-refractivity contribution in [2.45, 2.75) is 49.5 Å². The lowest BCUT2D eigenvalue weighted by Crippen LogP contribution is -2.62. The number of nitrogens with zero attached hydrogens (tertiary/aromatic N) is 2. The number of carbonyl (C=O) groups is 4. The molecule has 0 spiro atoms. The molecule has 2 aliphatic rings. The molecule has 0 saturated heterocycles. The Hall–Kier alpha value is -5.68. The van der Waals surface area contributed by atoms with Crippen molar-refractivity contribution in [2.24, 2.45) is 0 Å². The third-order valence-electron chi connectivity index (χ3n) is 9.18. The molecule has 2 heterocycles. The van der Waals surface area contributed by atoms with Gasteiger partial charge in [-0.2, -0.15) is 0 Å². The first kappa shape index (κ1) is 36.6. The summed E-state index contributed by atoms with van der Waals surface area (Å²) in [6, 6.07) is 27.0. The third-order valence-corrected chi connectivity index (χ3v) is 9.18. The predicted octanol–water partition coefficient (Wildman–Crippen LogP) is 2.18. The van der Waals surface area contributed by atoms with Crippen molar-refractivity contribution >= 4 is 23.7 Å². The number of aromatic hydroxyl groups is 1. The Balaban J connectivity index is 1.62. The molecule has 2 bridgehead atoms. The van der Waals surface area contributed by atoms with Gasteiger partial charge in [0.1, 0.15) is 17.5 Å². The summed E-state index contributed by atoms with van der Waals surface area (Å²) in [5.41, 5.74) is 2.79. The van der Waals surface area contributed by atoms with E-state index in [0.29, 0.717) is 23.3 Å². The number of aliphatic carboxylic acids is 1. The van der Waals surface area contributed by atoms with Crippen molar-refractivity contribution in [2.75, 3.05) is 28.2 Å². The first-order chi connectivity index (χ1) is 24.3. The summed E-state index contributed by atoms with van der Waals surface area (Å²) >= 11 is 0. The highest BCUT2D eigenvalue weighted by Gasteiger charge is 2.44. The number of likely N-dealkylation sites (N-methyl/N-ethyl adjacent to an activating group) is 2. The van der Waals surface area contributed by atoms with E-state index >= 15 is 0 Å². The summed E-state index contributed by atoms with van der Waals surface area (Å²) in [7, 11) is 7.23. The van der Waals surface area contributed by atoms with Crippen LogP contribution in [0.5, 0.6) is 11.5 Å². The van der Waals surface area contributed by atoms with Crippen LogP contribution >= 0.6 is 0 Å². The van der Waals surface area contributed by atoms with E-state index < -0.39 is 48.1 Å². The van der Waals surface area contributed by atoms with Crippen LogP contribution < -0.4 is 20.5 Å². The number of ether oxygens (including phenoxy) is 1. The van der Waals surface area contributed by atoms with E-state index in [4.69, 9.17) is 4.74 Å². The van der Waals surface area contributed by atoms with Crippen molar-refractivity contribution in [1.82, 2.24) is 15.5 Å². The highest BCUT2D eigenvalue weighted by Crippen LogP contribution is 2.30. The Morgan fingerprint density at radius 1 is 0.843 bits per heavy atom. The summed E-state index contributed by atoms with van der Waals surface area (Å²) in [6.45, 7) is 0. The molecular weight excluding hydrogens is 648 g/mol. The summed E-state index contributed by atoms with van der Waals surface area (Å²) in [5, 5.41) is 27.5. The number of carboxylic acid groups (broad SMARTS) is 1. The number of rotatable bonds is 9. The standard InChI is InChI=1S/C40H44N4O7/c1-43(39(48)34(44(2,3)4)25-28-15-19-30(45)20-16-28)35-36(29-13-9-6-10-14-29)51-31-21-17-27(18-22-31)24-33(40(49)50)42-37(46)32(41-38(35)47)23-26-11-7-5-8-12-26/h5-22,32-36H,23-25H2,1-4H3,(H3-,41,42,45,46,47,49,50)/t32-,33-,34-,35-,36+/m0/s1. The average molecular weight is 693 g/mol. The molecule has 4 aromatic rings. The second-order valence-electron chi connectivity index (χ2n) is 13.8. The SMILES string of the molecule is CN(C(=O)[C@H](Cc1ccc(O)cc1)[N+](C)(C)C)[C@@H]1C(=O)N[C@@H](Cc2ccccc2)C(=O)N[C@H](C(=O)[O-])Cc2ccc(cc2)O[C@@H]1c1ccccc1. The topological polar surface area (TPSA) is 148 Å². The highest BCUT2D eigenvalue weighted by molar-refractivity contribution is 5.94. The Bertz CT molecular complexity index is 1810. The Morgan fingerprint density at radius 2 is 1.45 bits per heavy atom. The molecule has 0 radical (unpaired) electrons. The summed E-state index contributed by atoms with van der Waals surface area (Å²) in [4.78, 5) is 56.9. The van der Waals surface area contributed by atoms with Crippen molar-refractivity contribution in [3.63, 3.8) is 0 Å². The molecule has 0 fully saturated rings. The number of phenolic OH excluding ortho intramolecular Hbond substituents is 1. The summed E-state index contributed by atoms with van der Waals surface area (Å²) < 4.78 is 6.81. The second-order valence-corrected chi connectivity index (χ2v) is 13.8. The molecule has 0 unspecified atom stereocenters. The lowest BCUT2D eigenvalue weighted by Gasteiger charge is -2.40. The molecule has 6 rings (SSSR count). The number of hydrogen-bond donors (Lipinski definition) is 3. The molecule has 0 aromatic heterocycles. The Morgan fingerprint density at radius 3 is 2.04 bits per heavy atom. The van der Waals surface area contributed by atoms with Crippen LogP contribution in [-0.2, 0) is 38.4 Å². The van der Waals surface area contributed by atoms with Crippen LogP contribution in [-0.4, -0.2) is 90.5 Å². The first-order valence-electron chi connectivity index (χ1n) is 16.8. The molecule has 11 heteroatoms. The molecular formula is C40H44N4O7. The molecule has 51 heavy (non-hydrogen) atoms. The number of fused-ring (bicyclic) bond motifs is 11. The summed E-state index contributed by atoms with van der Waals surface area (Å²) in [6.07, 6.45) is -0.707. The van der Waals surface area contributed by atoms with E-state index in [0.717, 1.165) is 11.1 Å². The largest absolute Gasteiger partial charge is 0.548 e. The molecule has 2 aliphatic heterocycles. The number of hydrogen-bond acceptors (Lipinski definition) is 7. The molecule has 3 amide bonds. The van der Waals surface area contributed by atoms with Gasteiger partial charge in [0.05, 0.1) is 33.2 Å². The van der Waals surface area contributed by atoms with Gasteiger partial charge in [-0.15, -0.1) is 0 Å². The minimum absolute atomic E-state index is 0.0458. The maximum absolute atomic E-state index is 14.8. The van der Waals surface area contributed by atoms with Gasteiger partial charge in [-0.1, -0.05) is 84.9 Å². The van der Waals surface area contributed by atoms with E-state index in [-0.39, 0.29) is 29.0 Å². The lowest BCUT2D eigenvalue weighted by molar-refractivity contribution is -0.886. The van der Waals surface area contributed by atoms with Crippen LogP contribution in [0.1, 0.15) is 28.4 Å². The minimum atomic E-state index is -1.46. The van der Waals surface area contributed by atoms with Gasteiger partial charge in [-0.3, -0.25) is 14.4 Å². The predicted molar refractivity (Wildman–Crippen MR) is 189 cm³/mol. The van der Waals surface area contributed by atoms with Gasteiger partial charge >= 0.3 is 0 Å². The van der Waals surface area contributed by atoms with Gasteiger partial charge in [0.25, 0.3) is 5.91 Å². The van der Waals surface area contributed by atoms with E-state index in [1.807, 2.05) is 57.5 Å². The fraction of sp³-hybridized carbons (Fsp3) is 0.300. The van der Waals surface area contributed by atoms with Gasteiger partial charge in [0.15, 0.2) is 18.2 Å². The Labute approximate surface area is 298 Å². The van der Waals surface area contributed by atoms with Gasteiger partial charge in [-0.25, -0.2) is 0 Å². The molecule has 266 valence electrons. The maximum atomic E-state index is 14.8. The highest BCUT2D eigenvalue weighted by atomic mass is 16.5. The zero-order valence-electron chi connectivity index (χ0n) is 29.2. The van der Waals surface area contributed by atoms with E-state index in [1.165, 1.54) is 4.90 Å². The van der Waals surface area contributed by atoms with E-state index in [9.17, 15) is 29.4 Å². The van der Waals surface area contributed by atoms with Crippen LogP contribution in [0.15, 0.2) is 109 Å². The van der Waals surface area contributed by atoms with Gasteiger partial charge in [-0.05, 0) is 52.9 Å². The first-order valence-corrected chi connectivity index (χ1v) is 16.8. The maximum Gasteiger partial charge on any atom is 0.281 e. The number of quaternary nitrogens is 1. The normalized spacial score (nSPS) is 20.2. The number of carboxylic acids is 1. The quantitative estimate of drug-likeness (QED) is 0.228. The average Bonchev–Trinajstić information content (AvgIpc) is 3.10. The van der Waals surface area contributed by atoms with Gasteiger partial charge < -0.3 is 39.8 Å². The smallest absolute Gasteiger partial charge is 0.281 e. The molecule has 3 N–H and O–H groups in total. The number of nitrogens with one attached hydrogen (secondary N) is 2. The second kappa shape index (κ2) is 15.9. The molecule has 0 saturated carbocycles. The van der Waals surface area contributed by atoms with Crippen LogP contribution in [0.25, 0.3) is 0 Å². The van der Waals surface area contributed by atoms with Crippen molar-refractivity contribution in [3.8, 4) is 11.5 Å². The van der Waals surface area contributed by atoms with E-state index in [2.05, 4.69) is 10.6 Å². The van der Waals surface area contributed by atoms with Gasteiger partial charge in [0, 0.05) is 19.9 Å². The van der Waals surface area contributed by atoms with E-state index in [1.54, 1.807) is 79.8 Å². The number of benzene rings is 4. The van der Waals surface area contributed by atoms with Crippen LogP contribution in [0.3, 0.4) is 0 Å². The molecule has 11 nitrogen and oxygen atoms in total. The number of carbonyl (C=O) groups excluding carboxylic acids is 4. The van der Waals surface area contributed by atoms with Crippen molar-refractivity contribution < 1.29 is 38.6 Å². The molecule has 4 aromatic carbocycles. The van der Waals surface area contributed by atoms with Crippen LogP contribution in [0, 0.1) is 0 Å². The number of phenols is 1. The monoisotopic (exact) mass is 692 g/mol. The van der Waals surface area contributed by atoms with Crippen molar-refractivity contribution in [1.29, 1.82) is 0 Å². The number of amides is 3. The zero-order chi connectivity index (χ0) is 36.7. The van der Waals surface area contributed by atoms with Gasteiger partial charge in [0.2, 0.25) is 11.8 Å². The molecule has 5 atom stereocenters. The zero-order valence-corrected chi connectivity index (χ0v) is 29.2. The fourth-order valence-corrected chi connectivity index (χ4v) is 6.26. The third kappa shape index (κ3) is 9.31. The summed E-state index contributed by atoms with van der Waals surface area (Å²) in [5.74, 6) is -2.69. The minimum Gasteiger partial charge on any atom is -0.548 e. The van der Waals surface area contributed by atoms with Crippen LogP contribution in [0.4, 0.5) is 0 Å². The van der Waals surface area contributed by atoms with Crippen LogP contribution in [0.2, 0.25) is 0 Å².